The second-order valence-electron chi connectivity index (χ2n) is 3.18. The van der Waals surface area contributed by atoms with Gasteiger partial charge in [-0.15, -0.1) is 0 Å². The molecule has 0 spiro atoms. The van der Waals surface area contributed by atoms with Crippen molar-refractivity contribution in [1.29, 1.82) is 0 Å². The van der Waals surface area contributed by atoms with Crippen molar-refractivity contribution < 1.29 is 14.7 Å². The Morgan fingerprint density at radius 3 is 2.73 bits per heavy atom. The van der Waals surface area contributed by atoms with Gasteiger partial charge in [-0.2, -0.15) is 11.8 Å². The van der Waals surface area contributed by atoms with E-state index in [1.807, 2.05) is 6.26 Å². The van der Waals surface area contributed by atoms with Crippen LogP contribution in [-0.4, -0.2) is 41.6 Å². The first-order valence-corrected chi connectivity index (χ1v) is 6.21. The van der Waals surface area contributed by atoms with E-state index in [9.17, 15) is 9.59 Å². The Kier molecular flexibility index (Phi) is 8.12. The Hall–Kier alpha value is -0.750. The molecule has 0 fully saturated rings. The number of hydrogen-bond acceptors (Lipinski definition) is 4. The summed E-state index contributed by atoms with van der Waals surface area (Å²) in [7, 11) is 0. The predicted molar refractivity (Wildman–Crippen MR) is 60.9 cm³/mol. The summed E-state index contributed by atoms with van der Waals surface area (Å²) in [5.74, 6) is -0.200. The van der Waals surface area contributed by atoms with Crippen LogP contribution in [0.15, 0.2) is 0 Å². The normalized spacial score (nSPS) is 12.1. The highest BCUT2D eigenvalue weighted by molar-refractivity contribution is 7.98. The van der Waals surface area contributed by atoms with Crippen LogP contribution in [0, 0.1) is 0 Å². The van der Waals surface area contributed by atoms with E-state index in [4.69, 9.17) is 10.8 Å². The molecule has 4 N–H and O–H groups in total. The monoisotopic (exact) mass is 234 g/mol. The fraction of sp³-hybridized carbons (Fsp3) is 0.778. The van der Waals surface area contributed by atoms with Crippen molar-refractivity contribution in [1.82, 2.24) is 5.32 Å². The molecule has 0 aliphatic heterocycles. The summed E-state index contributed by atoms with van der Waals surface area (Å²) in [4.78, 5) is 21.5. The molecule has 0 saturated carbocycles. The van der Waals surface area contributed by atoms with Crippen molar-refractivity contribution >= 4 is 23.6 Å². The third-order valence-corrected chi connectivity index (χ3v) is 2.48. The van der Waals surface area contributed by atoms with Crippen LogP contribution in [0.5, 0.6) is 0 Å². The van der Waals surface area contributed by atoms with Gasteiger partial charge >= 0.3 is 5.97 Å². The van der Waals surface area contributed by atoms with Gasteiger partial charge in [-0.05, 0) is 24.9 Å². The lowest BCUT2D eigenvalue weighted by Crippen LogP contribution is -2.41. The number of carboxylic acids is 1. The van der Waals surface area contributed by atoms with Crippen LogP contribution in [0.4, 0.5) is 0 Å². The van der Waals surface area contributed by atoms with Gasteiger partial charge in [0.25, 0.3) is 0 Å². The zero-order chi connectivity index (χ0) is 11.7. The van der Waals surface area contributed by atoms with Crippen LogP contribution in [0.2, 0.25) is 0 Å². The highest BCUT2D eigenvalue weighted by atomic mass is 32.2. The Bertz CT molecular complexity index is 212. The number of thioether (sulfide) groups is 1. The average Bonchev–Trinajstić information content (AvgIpc) is 2.20. The number of carboxylic acid groups (broad SMARTS) is 1. The van der Waals surface area contributed by atoms with E-state index in [2.05, 4.69) is 5.32 Å². The Morgan fingerprint density at radius 1 is 1.53 bits per heavy atom. The van der Waals surface area contributed by atoms with E-state index < -0.39 is 12.0 Å². The van der Waals surface area contributed by atoms with Gasteiger partial charge in [-0.3, -0.25) is 9.59 Å². The molecular formula is C9H18N2O3S. The number of nitrogens with two attached hydrogens (primary N) is 1. The zero-order valence-electron chi connectivity index (χ0n) is 8.86. The summed E-state index contributed by atoms with van der Waals surface area (Å²) in [6, 6.07) is -0.484. The van der Waals surface area contributed by atoms with Crippen LogP contribution in [0.1, 0.15) is 19.3 Å². The number of carbonyl (C=O) groups is 2. The smallest absolute Gasteiger partial charge is 0.303 e. The lowest BCUT2D eigenvalue weighted by atomic mass is 10.2. The molecule has 88 valence electrons. The van der Waals surface area contributed by atoms with Gasteiger partial charge in [-0.1, -0.05) is 0 Å². The second-order valence-corrected chi connectivity index (χ2v) is 4.16. The number of carbonyl (C=O) groups excluding carboxylic acids is 1. The molecule has 0 rings (SSSR count). The molecule has 0 heterocycles. The van der Waals surface area contributed by atoms with Crippen LogP contribution >= 0.6 is 11.8 Å². The Labute approximate surface area is 93.8 Å². The van der Waals surface area contributed by atoms with Gasteiger partial charge in [0.2, 0.25) is 5.91 Å². The quantitative estimate of drug-likeness (QED) is 0.516. The fourth-order valence-electron chi connectivity index (χ4n) is 0.958. The Morgan fingerprint density at radius 2 is 2.20 bits per heavy atom. The maximum Gasteiger partial charge on any atom is 0.303 e. The van der Waals surface area contributed by atoms with Gasteiger partial charge in [0.05, 0.1) is 6.04 Å². The first kappa shape index (κ1) is 14.2. The maximum atomic E-state index is 11.3. The van der Waals surface area contributed by atoms with Crippen molar-refractivity contribution in [2.45, 2.75) is 25.3 Å². The summed E-state index contributed by atoms with van der Waals surface area (Å²) in [5, 5.41) is 11.0. The van der Waals surface area contributed by atoms with E-state index in [-0.39, 0.29) is 12.3 Å². The van der Waals surface area contributed by atoms with Gasteiger partial charge in [0.15, 0.2) is 0 Å². The molecule has 0 aromatic heterocycles. The molecular weight excluding hydrogens is 216 g/mol. The van der Waals surface area contributed by atoms with Gasteiger partial charge in [-0.25, -0.2) is 0 Å². The summed E-state index contributed by atoms with van der Waals surface area (Å²) >= 11 is 1.64. The second kappa shape index (κ2) is 8.55. The minimum atomic E-state index is -0.851. The molecule has 6 heteroatoms. The third kappa shape index (κ3) is 8.26. The van der Waals surface area contributed by atoms with Crippen molar-refractivity contribution in [3.8, 4) is 0 Å². The van der Waals surface area contributed by atoms with Crippen molar-refractivity contribution in [2.75, 3.05) is 18.6 Å². The molecule has 1 amide bonds. The molecule has 1 atom stereocenters. The minimum absolute atomic E-state index is 0.0698. The van der Waals surface area contributed by atoms with Crippen LogP contribution in [0.3, 0.4) is 0 Å². The lowest BCUT2D eigenvalue weighted by molar-refractivity contribution is -0.137. The molecule has 5 nitrogen and oxygen atoms in total. The van der Waals surface area contributed by atoms with Gasteiger partial charge in [0, 0.05) is 13.0 Å². The van der Waals surface area contributed by atoms with Crippen molar-refractivity contribution in [3.63, 3.8) is 0 Å². The fourth-order valence-corrected chi connectivity index (χ4v) is 1.45. The number of amides is 1. The number of hydrogen-bond donors (Lipinski definition) is 3. The summed E-state index contributed by atoms with van der Waals surface area (Å²) < 4.78 is 0. The maximum absolute atomic E-state index is 11.3. The molecule has 0 saturated heterocycles. The highest BCUT2D eigenvalue weighted by Crippen LogP contribution is 1.98. The summed E-state index contributed by atoms with van der Waals surface area (Å²) in [6.07, 6.45) is 3.11. The zero-order valence-corrected chi connectivity index (χ0v) is 9.68. The molecule has 0 aliphatic rings. The molecule has 0 unspecified atom stereocenters. The largest absolute Gasteiger partial charge is 0.481 e. The summed E-state index contributed by atoms with van der Waals surface area (Å²) in [6.45, 7) is 0.373. The first-order valence-electron chi connectivity index (χ1n) is 4.82. The van der Waals surface area contributed by atoms with E-state index in [0.29, 0.717) is 19.4 Å². The van der Waals surface area contributed by atoms with Gasteiger partial charge < -0.3 is 16.2 Å². The molecule has 0 aliphatic carbocycles. The molecule has 0 aromatic rings. The van der Waals surface area contributed by atoms with Gasteiger partial charge in [0.1, 0.15) is 0 Å². The predicted octanol–water partition coefficient (Wildman–Crippen LogP) is 0.0478. The van der Waals surface area contributed by atoms with E-state index >= 15 is 0 Å². The lowest BCUT2D eigenvalue weighted by Gasteiger charge is -2.10. The van der Waals surface area contributed by atoms with E-state index in [0.717, 1.165) is 5.75 Å². The number of nitrogens with one attached hydrogen (secondary N) is 1. The Balaban J connectivity index is 3.51. The summed E-state index contributed by atoms with van der Waals surface area (Å²) in [5.41, 5.74) is 5.60. The standard InChI is InChI=1S/C9H18N2O3S/c1-15-6-4-7(10)9(14)11-5-2-3-8(12)13/h7H,2-6,10H2,1H3,(H,11,14)(H,12,13)/t7-/m1/s1. The third-order valence-electron chi connectivity index (χ3n) is 1.84. The average molecular weight is 234 g/mol. The van der Waals surface area contributed by atoms with Crippen LogP contribution in [0.25, 0.3) is 0 Å². The van der Waals surface area contributed by atoms with Crippen LogP contribution in [-0.2, 0) is 9.59 Å². The molecule has 0 radical (unpaired) electrons. The first-order chi connectivity index (χ1) is 7.07. The molecule has 15 heavy (non-hydrogen) atoms. The molecule has 0 aromatic carbocycles. The highest BCUT2D eigenvalue weighted by Gasteiger charge is 2.11. The number of aliphatic carboxylic acids is 1. The SMILES string of the molecule is CSCC[C@@H](N)C(=O)NCCCC(=O)O. The van der Waals surface area contributed by atoms with E-state index in [1.54, 1.807) is 11.8 Å². The molecule has 0 bridgehead atoms. The van der Waals surface area contributed by atoms with E-state index in [1.165, 1.54) is 0 Å². The van der Waals surface area contributed by atoms with Crippen molar-refractivity contribution in [3.05, 3.63) is 0 Å². The topological polar surface area (TPSA) is 92.4 Å². The van der Waals surface area contributed by atoms with Crippen molar-refractivity contribution in [2.24, 2.45) is 5.73 Å². The minimum Gasteiger partial charge on any atom is -0.481 e. The number of rotatable bonds is 8. The van der Waals surface area contributed by atoms with Crippen LogP contribution < -0.4 is 11.1 Å².